The van der Waals surface area contributed by atoms with Gasteiger partial charge in [-0.15, -0.1) is 0 Å². The van der Waals surface area contributed by atoms with Crippen LogP contribution in [0.15, 0.2) is 158 Å². The summed E-state index contributed by atoms with van der Waals surface area (Å²) in [4.78, 5) is 53.4. The Morgan fingerprint density at radius 3 is 1.03 bits per heavy atom. The molecule has 0 amide bonds. The third kappa shape index (κ3) is 14.7. The largest absolute Gasteiger partial charge is 0.423 e. The molecule has 7 aromatic rings. The van der Waals surface area contributed by atoms with Crippen molar-refractivity contribution in [3.8, 4) is 45.3 Å². The molecule has 370 valence electrons. The fourth-order valence-electron chi connectivity index (χ4n) is 8.70. The number of aryl methyl sites for hydroxylation is 4. The number of carbonyl (C=O) groups is 4. The maximum Gasteiger partial charge on any atom is 0.343 e. The van der Waals surface area contributed by atoms with Gasteiger partial charge in [-0.3, -0.25) is 0 Å². The first kappa shape index (κ1) is 52.2. The summed E-state index contributed by atoms with van der Waals surface area (Å²) in [7, 11) is 0. The Balaban J connectivity index is 0.901. The molecule has 7 rings (SSSR count). The highest BCUT2D eigenvalue weighted by atomic mass is 16.6. The van der Waals surface area contributed by atoms with Gasteiger partial charge in [0.15, 0.2) is 0 Å². The number of hydrogen-bond donors (Lipinski definition) is 0. The van der Waals surface area contributed by atoms with E-state index in [1.165, 1.54) is 81.4 Å². The fraction of sp³-hybridized carbons (Fsp3) is 0.281. The SMILES string of the molecule is CCCCCCCc1ccc(-c2ccc(C(=O)Oc3ccc(C(=O)Oc4cccc(OC(=O)c5ccc(OC(=O)c6ccc(-c7ccc(CCCCCCC)cc7)cc6)cc5CC)c4)c(CC)c3)cc2)cc1. The molecular formula is C64H66O8. The summed E-state index contributed by atoms with van der Waals surface area (Å²) in [5.74, 6) is -1.30. The highest BCUT2D eigenvalue weighted by Crippen LogP contribution is 2.28. The molecule has 0 N–H and O–H groups in total. The molecule has 72 heavy (non-hydrogen) atoms. The first-order chi connectivity index (χ1) is 35.1. The molecule has 0 spiro atoms. The van der Waals surface area contributed by atoms with E-state index in [0.29, 0.717) is 57.7 Å². The lowest BCUT2D eigenvalue weighted by Gasteiger charge is -2.13. The van der Waals surface area contributed by atoms with E-state index in [0.717, 1.165) is 35.1 Å². The summed E-state index contributed by atoms with van der Waals surface area (Å²) in [5, 5.41) is 0. The molecule has 0 atom stereocenters. The Kier molecular flexibility index (Phi) is 19.3. The quantitative estimate of drug-likeness (QED) is 0.0335. The van der Waals surface area contributed by atoms with Crippen LogP contribution in [0.1, 0.15) is 156 Å². The lowest BCUT2D eigenvalue weighted by atomic mass is 10.00. The molecule has 0 heterocycles. The van der Waals surface area contributed by atoms with E-state index in [2.05, 4.69) is 62.4 Å². The van der Waals surface area contributed by atoms with Crippen molar-refractivity contribution in [2.45, 2.75) is 118 Å². The van der Waals surface area contributed by atoms with Gasteiger partial charge in [0.05, 0.1) is 22.3 Å². The molecule has 0 saturated heterocycles. The Hall–Kier alpha value is -7.58. The summed E-state index contributed by atoms with van der Waals surface area (Å²) in [6, 6.07) is 47.8. The van der Waals surface area contributed by atoms with Crippen LogP contribution < -0.4 is 18.9 Å². The number of benzene rings is 7. The van der Waals surface area contributed by atoms with Crippen molar-refractivity contribution >= 4 is 23.9 Å². The van der Waals surface area contributed by atoms with E-state index in [4.69, 9.17) is 18.9 Å². The smallest absolute Gasteiger partial charge is 0.343 e. The number of rotatable bonds is 24. The standard InChI is InChI=1S/C64H66O8/c1-5-9-11-13-15-18-45-22-26-49(27-23-45)51-30-34-53(35-31-51)61(65)69-57-38-40-59(47(7-3)42-57)63(67)71-55-20-17-21-56(44-55)72-64(68)60-41-39-58(43-48(60)8-4)70-62(66)54-36-32-52(33-37-54)50-28-24-46(25-29-50)19-16-14-12-10-6-2/h17,20-44H,5-16,18-19H2,1-4H3. The van der Waals surface area contributed by atoms with Gasteiger partial charge in [-0.05, 0) is 156 Å². The van der Waals surface area contributed by atoms with E-state index in [1.54, 1.807) is 78.9 Å². The number of esters is 4. The lowest BCUT2D eigenvalue weighted by Crippen LogP contribution is -2.14. The molecule has 0 aliphatic heterocycles. The molecule has 0 aliphatic carbocycles. The molecule has 0 aliphatic rings. The zero-order chi connectivity index (χ0) is 50.7. The van der Waals surface area contributed by atoms with Crippen LogP contribution in [0.3, 0.4) is 0 Å². The van der Waals surface area contributed by atoms with Crippen molar-refractivity contribution in [3.05, 3.63) is 202 Å². The molecule has 0 unspecified atom stereocenters. The van der Waals surface area contributed by atoms with E-state index >= 15 is 0 Å². The molecule has 0 radical (unpaired) electrons. The Morgan fingerprint density at radius 1 is 0.333 bits per heavy atom. The third-order valence-electron chi connectivity index (χ3n) is 13.0. The first-order valence-electron chi connectivity index (χ1n) is 25.8. The highest BCUT2D eigenvalue weighted by molar-refractivity contribution is 5.95. The van der Waals surface area contributed by atoms with Gasteiger partial charge in [0.25, 0.3) is 0 Å². The van der Waals surface area contributed by atoms with Crippen molar-refractivity contribution in [1.29, 1.82) is 0 Å². The monoisotopic (exact) mass is 962 g/mol. The Labute approximate surface area is 425 Å². The molecule has 0 saturated carbocycles. The number of carbonyl (C=O) groups excluding carboxylic acids is 4. The Bertz CT molecular complexity index is 2700. The van der Waals surface area contributed by atoms with E-state index < -0.39 is 23.9 Å². The van der Waals surface area contributed by atoms with E-state index in [-0.39, 0.29) is 11.5 Å². The van der Waals surface area contributed by atoms with Gasteiger partial charge in [0.1, 0.15) is 23.0 Å². The second-order valence-electron chi connectivity index (χ2n) is 18.3. The average Bonchev–Trinajstić information content (AvgIpc) is 3.41. The van der Waals surface area contributed by atoms with Crippen LogP contribution in [0.2, 0.25) is 0 Å². The molecule has 0 fully saturated rings. The molecular weight excluding hydrogens is 897 g/mol. The summed E-state index contributed by atoms with van der Waals surface area (Å²) in [5.41, 5.74) is 9.55. The van der Waals surface area contributed by atoms with E-state index in [1.807, 2.05) is 38.1 Å². The molecule has 7 aromatic carbocycles. The highest BCUT2D eigenvalue weighted by Gasteiger charge is 2.19. The minimum atomic E-state index is -0.619. The van der Waals surface area contributed by atoms with Crippen molar-refractivity contribution < 1.29 is 38.1 Å². The summed E-state index contributed by atoms with van der Waals surface area (Å²) in [6.45, 7) is 8.25. The van der Waals surface area contributed by atoms with Crippen molar-refractivity contribution in [3.63, 3.8) is 0 Å². The fourth-order valence-corrected chi connectivity index (χ4v) is 8.70. The van der Waals surface area contributed by atoms with Crippen LogP contribution in [0, 0.1) is 0 Å². The van der Waals surface area contributed by atoms with Gasteiger partial charge in [0, 0.05) is 6.07 Å². The maximum absolute atomic E-state index is 13.5. The van der Waals surface area contributed by atoms with Crippen LogP contribution in [0.4, 0.5) is 0 Å². The predicted molar refractivity (Wildman–Crippen MR) is 287 cm³/mol. The predicted octanol–water partition coefficient (Wildman–Crippen LogP) is 16.0. The van der Waals surface area contributed by atoms with Gasteiger partial charge in [-0.25, -0.2) is 19.2 Å². The zero-order valence-corrected chi connectivity index (χ0v) is 42.2. The topological polar surface area (TPSA) is 105 Å². The van der Waals surface area contributed by atoms with Crippen LogP contribution in [0.25, 0.3) is 22.3 Å². The molecule has 0 bridgehead atoms. The summed E-state index contributed by atoms with van der Waals surface area (Å²) >= 11 is 0. The third-order valence-corrected chi connectivity index (χ3v) is 13.0. The van der Waals surface area contributed by atoms with Crippen molar-refractivity contribution in [2.75, 3.05) is 0 Å². The van der Waals surface area contributed by atoms with E-state index in [9.17, 15) is 19.2 Å². The maximum atomic E-state index is 13.5. The van der Waals surface area contributed by atoms with Crippen LogP contribution in [-0.2, 0) is 25.7 Å². The number of ether oxygens (including phenoxy) is 4. The second kappa shape index (κ2) is 26.6. The van der Waals surface area contributed by atoms with Gasteiger partial charge < -0.3 is 18.9 Å². The van der Waals surface area contributed by atoms with Gasteiger partial charge in [0.2, 0.25) is 0 Å². The first-order valence-corrected chi connectivity index (χ1v) is 25.8. The van der Waals surface area contributed by atoms with Crippen LogP contribution in [0.5, 0.6) is 23.0 Å². The number of hydrogen-bond acceptors (Lipinski definition) is 8. The normalized spacial score (nSPS) is 10.9. The minimum absolute atomic E-state index is 0.174. The summed E-state index contributed by atoms with van der Waals surface area (Å²) in [6.07, 6.45) is 15.7. The van der Waals surface area contributed by atoms with Gasteiger partial charge >= 0.3 is 23.9 Å². The van der Waals surface area contributed by atoms with Crippen molar-refractivity contribution in [1.82, 2.24) is 0 Å². The Morgan fingerprint density at radius 2 is 0.667 bits per heavy atom. The molecule has 8 heteroatoms. The average molecular weight is 963 g/mol. The number of unbranched alkanes of at least 4 members (excludes halogenated alkanes) is 8. The zero-order valence-electron chi connectivity index (χ0n) is 42.2. The van der Waals surface area contributed by atoms with Gasteiger partial charge in [-0.2, -0.15) is 0 Å². The lowest BCUT2D eigenvalue weighted by molar-refractivity contribution is 0.0722. The summed E-state index contributed by atoms with van der Waals surface area (Å²) < 4.78 is 23.0. The van der Waals surface area contributed by atoms with Crippen LogP contribution in [-0.4, -0.2) is 23.9 Å². The van der Waals surface area contributed by atoms with Crippen LogP contribution >= 0.6 is 0 Å². The molecule has 0 aromatic heterocycles. The minimum Gasteiger partial charge on any atom is -0.423 e. The second-order valence-corrected chi connectivity index (χ2v) is 18.3. The van der Waals surface area contributed by atoms with Gasteiger partial charge in [-0.1, -0.05) is 158 Å². The molecule has 8 nitrogen and oxygen atoms in total. The van der Waals surface area contributed by atoms with Crippen molar-refractivity contribution in [2.24, 2.45) is 0 Å².